The Balaban J connectivity index is 1.77. The molecule has 0 saturated heterocycles. The number of phenols is 1. The highest BCUT2D eigenvalue weighted by Crippen LogP contribution is 2.65. The third-order valence-electron chi connectivity index (χ3n) is 11.1. The van der Waals surface area contributed by atoms with Crippen LogP contribution in [0, 0.1) is 28.6 Å². The van der Waals surface area contributed by atoms with Crippen molar-refractivity contribution >= 4 is 17.3 Å². The number of phenolic OH excluding ortho intramolecular Hbond substituents is 1. The summed E-state index contributed by atoms with van der Waals surface area (Å²) in [5.41, 5.74) is -2.80. The number of aromatic hydroxyl groups is 1. The third-order valence-corrected chi connectivity index (χ3v) is 11.1. The Bertz CT molecular complexity index is 1710. The Morgan fingerprint density at radius 2 is 1.67 bits per heavy atom. The van der Waals surface area contributed by atoms with E-state index in [0.717, 1.165) is 37.3 Å². The molecule has 0 aliphatic heterocycles. The number of allylic oxidation sites excluding steroid dienone is 2. The van der Waals surface area contributed by atoms with Crippen LogP contribution in [0.2, 0.25) is 0 Å². The normalized spacial score (nSPS) is 27.6. The Kier molecular flexibility index (Phi) is 8.30. The number of methoxy groups -OCH3 is 1. The van der Waals surface area contributed by atoms with Crippen molar-refractivity contribution in [3.63, 3.8) is 0 Å². The van der Waals surface area contributed by atoms with E-state index in [2.05, 4.69) is 19.9 Å². The number of Topliss-reactive ketones (excluding diaryl/α,β-unsaturated/α-hetero) is 3. The third kappa shape index (κ3) is 4.55. The highest BCUT2D eigenvalue weighted by atomic mass is 16.5. The molecule has 3 aliphatic rings. The Labute approximate surface area is 270 Å². The van der Waals surface area contributed by atoms with Gasteiger partial charge in [0.2, 0.25) is 5.78 Å². The van der Waals surface area contributed by atoms with Crippen LogP contribution in [0.15, 0.2) is 53.0 Å². The molecule has 0 aromatic heterocycles. The van der Waals surface area contributed by atoms with Crippen molar-refractivity contribution in [1.82, 2.24) is 0 Å². The molecule has 5 rings (SSSR count). The molecule has 0 heterocycles. The second-order valence-electron chi connectivity index (χ2n) is 14.4. The van der Waals surface area contributed by atoms with E-state index in [0.29, 0.717) is 22.8 Å². The maximum absolute atomic E-state index is 14.5. The minimum absolute atomic E-state index is 0.00924. The largest absolute Gasteiger partial charge is 0.511 e. The summed E-state index contributed by atoms with van der Waals surface area (Å²) < 4.78 is 5.77. The topological polar surface area (TPSA) is 141 Å². The molecule has 2 aromatic rings. The fraction of sp³-hybridized carbons (Fsp3) is 0.500. The minimum Gasteiger partial charge on any atom is -0.511 e. The number of ether oxygens (including phenoxy) is 1. The molecule has 3 aliphatic carbocycles. The zero-order valence-electron chi connectivity index (χ0n) is 28.1. The van der Waals surface area contributed by atoms with Crippen molar-refractivity contribution in [2.45, 2.75) is 86.2 Å². The summed E-state index contributed by atoms with van der Waals surface area (Å²) in [4.78, 5) is 41.0. The molecule has 4 N–H and O–H groups in total. The van der Waals surface area contributed by atoms with Crippen molar-refractivity contribution in [3.05, 3.63) is 69.7 Å². The monoisotopic (exact) mass is 630 g/mol. The zero-order valence-corrected chi connectivity index (χ0v) is 28.1. The van der Waals surface area contributed by atoms with Gasteiger partial charge in [-0.1, -0.05) is 66.5 Å². The second-order valence-corrected chi connectivity index (χ2v) is 14.4. The van der Waals surface area contributed by atoms with E-state index in [-0.39, 0.29) is 35.6 Å². The van der Waals surface area contributed by atoms with Gasteiger partial charge in [-0.2, -0.15) is 0 Å². The summed E-state index contributed by atoms with van der Waals surface area (Å²) in [7, 11) is 1.59. The first-order valence-corrected chi connectivity index (χ1v) is 16.2. The average molecular weight is 631 g/mol. The smallest absolute Gasteiger partial charge is 0.209 e. The number of rotatable bonds is 8. The quantitative estimate of drug-likeness (QED) is 0.229. The second kappa shape index (κ2) is 11.4. The first-order chi connectivity index (χ1) is 21.5. The number of aliphatic hydroxyl groups excluding tert-OH is 2. The molecule has 0 spiro atoms. The molecular weight excluding hydrogens is 584 g/mol. The van der Waals surface area contributed by atoms with Crippen LogP contribution in [-0.2, 0) is 22.4 Å². The van der Waals surface area contributed by atoms with Crippen LogP contribution in [0.5, 0.6) is 11.5 Å². The molecule has 8 nitrogen and oxygen atoms in total. The van der Waals surface area contributed by atoms with E-state index in [4.69, 9.17) is 4.74 Å². The summed E-state index contributed by atoms with van der Waals surface area (Å²) in [6, 6.07) is 9.24. The van der Waals surface area contributed by atoms with Crippen LogP contribution in [0.1, 0.15) is 89.2 Å². The Morgan fingerprint density at radius 3 is 2.24 bits per heavy atom. The molecule has 0 amide bonds. The van der Waals surface area contributed by atoms with Gasteiger partial charge in [-0.15, -0.1) is 0 Å². The van der Waals surface area contributed by atoms with Gasteiger partial charge in [-0.05, 0) is 72.9 Å². The lowest BCUT2D eigenvalue weighted by atomic mass is 9.44. The first-order valence-electron chi connectivity index (χ1n) is 16.2. The lowest BCUT2D eigenvalue weighted by Crippen LogP contribution is -2.67. The van der Waals surface area contributed by atoms with Crippen molar-refractivity contribution in [2.75, 3.05) is 7.11 Å². The summed E-state index contributed by atoms with van der Waals surface area (Å²) in [5, 5.41) is 46.7. The number of ketones is 3. The van der Waals surface area contributed by atoms with Crippen LogP contribution < -0.4 is 4.74 Å². The van der Waals surface area contributed by atoms with Crippen molar-refractivity contribution < 1.29 is 39.5 Å². The van der Waals surface area contributed by atoms with E-state index in [1.165, 1.54) is 6.07 Å². The molecule has 8 heteroatoms. The van der Waals surface area contributed by atoms with Crippen molar-refractivity contribution in [3.8, 4) is 22.6 Å². The average Bonchev–Trinajstić information content (AvgIpc) is 2.97. The van der Waals surface area contributed by atoms with E-state index in [1.54, 1.807) is 20.1 Å². The standard InChI is InChI=1S/C38H46O8/c1-9-21(10-2)15-22-11-14-27(46-8)24(16-22)23-12-13-26(40)29-25(23)17-36(6)18-37(7)30(19(3)4)32(41)28(20(5)39)34(43)38(37,45)35(44)31(36)33(29)42/h11-14,16,19,21,30,40-41,44-45H,9-10,15,17-18H2,1-8H3/t30?,36-,37-,38+/m1/s1. The van der Waals surface area contributed by atoms with Gasteiger partial charge in [0.15, 0.2) is 17.2 Å². The number of aliphatic hydroxyl groups is 3. The number of hydrogen-bond acceptors (Lipinski definition) is 8. The maximum Gasteiger partial charge on any atom is 0.209 e. The molecule has 46 heavy (non-hydrogen) atoms. The van der Waals surface area contributed by atoms with Gasteiger partial charge in [0, 0.05) is 27.9 Å². The predicted molar refractivity (Wildman–Crippen MR) is 175 cm³/mol. The fourth-order valence-corrected chi connectivity index (χ4v) is 8.99. The van der Waals surface area contributed by atoms with Crippen LogP contribution in [0.4, 0.5) is 0 Å². The molecule has 0 saturated carbocycles. The van der Waals surface area contributed by atoms with Gasteiger partial charge in [0.25, 0.3) is 0 Å². The molecule has 0 bridgehead atoms. The van der Waals surface area contributed by atoms with Gasteiger partial charge in [0.1, 0.15) is 28.6 Å². The van der Waals surface area contributed by atoms with Gasteiger partial charge < -0.3 is 25.2 Å². The lowest BCUT2D eigenvalue weighted by molar-refractivity contribution is -0.171. The molecule has 2 aromatic carbocycles. The number of benzene rings is 2. The van der Waals surface area contributed by atoms with E-state index < -0.39 is 56.8 Å². The maximum atomic E-state index is 14.5. The predicted octanol–water partition coefficient (Wildman–Crippen LogP) is 7.00. The first kappa shape index (κ1) is 33.5. The van der Waals surface area contributed by atoms with E-state index in [1.807, 2.05) is 32.9 Å². The minimum atomic E-state index is -2.64. The van der Waals surface area contributed by atoms with Crippen LogP contribution in [0.25, 0.3) is 11.1 Å². The molecule has 4 atom stereocenters. The highest BCUT2D eigenvalue weighted by molar-refractivity contribution is 6.25. The summed E-state index contributed by atoms with van der Waals surface area (Å²) >= 11 is 0. The van der Waals surface area contributed by atoms with Gasteiger partial charge in [-0.3, -0.25) is 14.4 Å². The Morgan fingerprint density at radius 1 is 1.02 bits per heavy atom. The number of carbonyl (C=O) groups excluding carboxylic acids is 3. The van der Waals surface area contributed by atoms with Gasteiger partial charge in [0.05, 0.1) is 12.7 Å². The molecule has 0 radical (unpaired) electrons. The summed E-state index contributed by atoms with van der Waals surface area (Å²) in [6.45, 7) is 12.5. The van der Waals surface area contributed by atoms with E-state index >= 15 is 0 Å². The fourth-order valence-electron chi connectivity index (χ4n) is 8.99. The van der Waals surface area contributed by atoms with E-state index in [9.17, 15) is 34.8 Å². The van der Waals surface area contributed by atoms with Crippen molar-refractivity contribution in [2.24, 2.45) is 28.6 Å². The zero-order chi connectivity index (χ0) is 34.1. The number of fused-ring (bicyclic) bond motifs is 3. The van der Waals surface area contributed by atoms with Gasteiger partial charge in [-0.25, -0.2) is 0 Å². The number of hydrogen-bond donors (Lipinski definition) is 4. The molecular formula is C38H46O8. The molecule has 246 valence electrons. The molecule has 0 fully saturated rings. The van der Waals surface area contributed by atoms with Crippen LogP contribution in [-0.4, -0.2) is 50.5 Å². The number of carbonyl (C=O) groups is 3. The lowest BCUT2D eigenvalue weighted by Gasteiger charge is -2.59. The van der Waals surface area contributed by atoms with Crippen LogP contribution >= 0.6 is 0 Å². The Hall–Kier alpha value is -3.91. The SMILES string of the molecule is CCC(CC)Cc1ccc(OC)c(-c2ccc(O)c3c2C[C@]2(C)C[C@]4(C)C(C(C)C)C(O)=C(C(C)=O)C(=O)[C@]4(O)C(O)=C2C3=O)c1. The molecule has 1 unspecified atom stereocenters. The summed E-state index contributed by atoms with van der Waals surface area (Å²) in [5.74, 6) is -4.17. The van der Waals surface area contributed by atoms with Gasteiger partial charge >= 0.3 is 0 Å². The summed E-state index contributed by atoms with van der Waals surface area (Å²) in [6.07, 6.45) is 3.18. The highest BCUT2D eigenvalue weighted by Gasteiger charge is 2.71. The van der Waals surface area contributed by atoms with Crippen molar-refractivity contribution in [1.29, 1.82) is 0 Å². The van der Waals surface area contributed by atoms with Crippen LogP contribution in [0.3, 0.4) is 0 Å².